The van der Waals surface area contributed by atoms with Crippen molar-refractivity contribution in [2.75, 3.05) is 13.7 Å². The van der Waals surface area contributed by atoms with Gasteiger partial charge in [0.1, 0.15) is 17.3 Å². The number of hydrogen-bond donors (Lipinski definition) is 0. The van der Waals surface area contributed by atoms with Gasteiger partial charge in [0.25, 0.3) is 0 Å². The highest BCUT2D eigenvalue weighted by Crippen LogP contribution is 2.32. The Morgan fingerprint density at radius 1 is 0.923 bits per heavy atom. The molecule has 0 N–H and O–H groups in total. The van der Waals surface area contributed by atoms with Gasteiger partial charge in [0.2, 0.25) is 0 Å². The van der Waals surface area contributed by atoms with E-state index in [1.54, 1.807) is 7.11 Å². The first-order valence-corrected chi connectivity index (χ1v) is 9.01. The molecule has 0 amide bonds. The van der Waals surface area contributed by atoms with Crippen molar-refractivity contribution in [1.82, 2.24) is 0 Å². The van der Waals surface area contributed by atoms with Crippen LogP contribution in [-0.2, 0) is 9.53 Å². The summed E-state index contributed by atoms with van der Waals surface area (Å²) in [6.45, 7) is 0.689. The Kier molecular flexibility index (Phi) is 6.31. The van der Waals surface area contributed by atoms with Crippen molar-refractivity contribution in [2.45, 2.75) is 32.1 Å². The molecule has 2 aromatic rings. The van der Waals surface area contributed by atoms with Gasteiger partial charge < -0.3 is 14.2 Å². The van der Waals surface area contributed by atoms with Gasteiger partial charge in [-0.3, -0.25) is 4.79 Å². The van der Waals surface area contributed by atoms with Crippen LogP contribution in [0.15, 0.2) is 60.2 Å². The first kappa shape index (κ1) is 18.1. The average molecular weight is 352 g/mol. The topological polar surface area (TPSA) is 44.8 Å². The van der Waals surface area contributed by atoms with Gasteiger partial charge in [-0.25, -0.2) is 0 Å². The van der Waals surface area contributed by atoms with Crippen LogP contribution in [-0.4, -0.2) is 19.7 Å². The molecule has 136 valence electrons. The normalized spacial score (nSPS) is 14.1. The summed E-state index contributed by atoms with van der Waals surface area (Å²) in [5.74, 6) is 2.24. The second kappa shape index (κ2) is 9.09. The number of methoxy groups -OCH3 is 1. The lowest BCUT2D eigenvalue weighted by atomic mass is 9.97. The van der Waals surface area contributed by atoms with E-state index in [1.165, 1.54) is 5.57 Å². The minimum absolute atomic E-state index is 0.160. The zero-order valence-electron chi connectivity index (χ0n) is 15.1. The molecule has 0 radical (unpaired) electrons. The Bertz CT molecular complexity index is 747. The molecule has 2 aromatic carbocycles. The van der Waals surface area contributed by atoms with Crippen molar-refractivity contribution in [3.05, 3.63) is 65.7 Å². The minimum atomic E-state index is -0.160. The molecule has 4 nitrogen and oxygen atoms in total. The number of cyclic esters (lactones) is 1. The summed E-state index contributed by atoms with van der Waals surface area (Å²) in [5.41, 5.74) is 2.13. The van der Waals surface area contributed by atoms with E-state index in [2.05, 4.69) is 0 Å². The summed E-state index contributed by atoms with van der Waals surface area (Å²) in [4.78, 5) is 11.7. The molecule has 0 aliphatic carbocycles. The summed E-state index contributed by atoms with van der Waals surface area (Å²) in [6.07, 6.45) is 4.09. The Morgan fingerprint density at radius 3 is 2.42 bits per heavy atom. The first-order valence-electron chi connectivity index (χ1n) is 9.01. The molecule has 0 bridgehead atoms. The van der Waals surface area contributed by atoms with Crippen LogP contribution in [0, 0.1) is 0 Å². The number of para-hydroxylation sites is 1. The van der Waals surface area contributed by atoms with Gasteiger partial charge in [-0.1, -0.05) is 18.2 Å². The Hall–Kier alpha value is -2.75. The monoisotopic (exact) mass is 352 g/mol. The average Bonchev–Trinajstić information content (AvgIpc) is 2.69. The number of allylic oxidation sites excluding steroid dienone is 1. The second-order valence-electron chi connectivity index (χ2n) is 6.25. The predicted molar refractivity (Wildman–Crippen MR) is 101 cm³/mol. The van der Waals surface area contributed by atoms with Gasteiger partial charge in [0.15, 0.2) is 0 Å². The van der Waals surface area contributed by atoms with Crippen LogP contribution in [0.5, 0.6) is 11.5 Å². The quantitative estimate of drug-likeness (QED) is 0.496. The molecule has 0 spiro atoms. The third-order valence-corrected chi connectivity index (χ3v) is 4.40. The highest BCUT2D eigenvalue weighted by Gasteiger charge is 2.21. The molecule has 0 fully saturated rings. The predicted octanol–water partition coefficient (Wildman–Crippen LogP) is 4.99. The molecule has 4 heteroatoms. The van der Waals surface area contributed by atoms with Crippen LogP contribution in [0.4, 0.5) is 0 Å². The van der Waals surface area contributed by atoms with Crippen molar-refractivity contribution in [2.24, 2.45) is 0 Å². The molecule has 3 rings (SSSR count). The minimum Gasteiger partial charge on any atom is -0.497 e. The number of rotatable bonds is 8. The third kappa shape index (κ3) is 4.88. The Labute approximate surface area is 154 Å². The van der Waals surface area contributed by atoms with Gasteiger partial charge in [-0.15, -0.1) is 0 Å². The van der Waals surface area contributed by atoms with E-state index >= 15 is 0 Å². The van der Waals surface area contributed by atoms with E-state index in [9.17, 15) is 4.79 Å². The third-order valence-electron chi connectivity index (χ3n) is 4.40. The molecule has 1 aliphatic heterocycles. The fourth-order valence-electron chi connectivity index (χ4n) is 2.99. The van der Waals surface area contributed by atoms with E-state index in [-0.39, 0.29) is 5.97 Å². The Morgan fingerprint density at radius 2 is 1.69 bits per heavy atom. The summed E-state index contributed by atoms with van der Waals surface area (Å²) < 4.78 is 16.5. The van der Waals surface area contributed by atoms with Gasteiger partial charge >= 0.3 is 5.97 Å². The fourth-order valence-corrected chi connectivity index (χ4v) is 2.99. The first-order chi connectivity index (χ1) is 12.8. The van der Waals surface area contributed by atoms with E-state index in [1.807, 2.05) is 54.6 Å². The zero-order valence-corrected chi connectivity index (χ0v) is 15.1. The SMILES string of the molecule is COc1ccc(C2=C(CCCCOc3ccccc3)CCC(=O)O2)cc1. The summed E-state index contributed by atoms with van der Waals surface area (Å²) in [7, 11) is 1.64. The highest BCUT2D eigenvalue weighted by molar-refractivity contribution is 5.82. The molecule has 0 saturated carbocycles. The smallest absolute Gasteiger partial charge is 0.311 e. The number of unbranched alkanes of at least 4 members (excludes halogenated alkanes) is 1. The lowest BCUT2D eigenvalue weighted by Crippen LogP contribution is -2.12. The number of ether oxygens (including phenoxy) is 3. The second-order valence-corrected chi connectivity index (χ2v) is 6.25. The van der Waals surface area contributed by atoms with Crippen LogP contribution < -0.4 is 9.47 Å². The molecule has 26 heavy (non-hydrogen) atoms. The molecule has 1 heterocycles. The molecular weight excluding hydrogens is 328 g/mol. The largest absolute Gasteiger partial charge is 0.497 e. The van der Waals surface area contributed by atoms with Crippen LogP contribution in [0.3, 0.4) is 0 Å². The van der Waals surface area contributed by atoms with E-state index in [0.717, 1.165) is 42.7 Å². The molecule has 0 unspecified atom stereocenters. The number of carbonyl (C=O) groups excluding carboxylic acids is 1. The number of hydrogen-bond acceptors (Lipinski definition) is 4. The number of carbonyl (C=O) groups is 1. The maximum absolute atomic E-state index is 11.7. The highest BCUT2D eigenvalue weighted by atomic mass is 16.5. The van der Waals surface area contributed by atoms with Gasteiger partial charge in [0, 0.05) is 12.0 Å². The van der Waals surface area contributed by atoms with Gasteiger partial charge in [-0.05, 0) is 67.7 Å². The summed E-state index contributed by atoms with van der Waals surface area (Å²) >= 11 is 0. The standard InChI is InChI=1S/C22H24O4/c1-24-19-13-10-18(11-14-19)22-17(12-15-21(23)26-22)7-5-6-16-25-20-8-3-2-4-9-20/h2-4,8-11,13-14H,5-7,12,15-16H2,1H3. The lowest BCUT2D eigenvalue weighted by Gasteiger charge is -2.20. The van der Waals surface area contributed by atoms with Crippen molar-refractivity contribution >= 4 is 11.7 Å². The van der Waals surface area contributed by atoms with Crippen LogP contribution in [0.2, 0.25) is 0 Å². The van der Waals surface area contributed by atoms with E-state index in [4.69, 9.17) is 14.2 Å². The van der Waals surface area contributed by atoms with Crippen LogP contribution >= 0.6 is 0 Å². The number of esters is 1. The van der Waals surface area contributed by atoms with E-state index < -0.39 is 0 Å². The lowest BCUT2D eigenvalue weighted by molar-refractivity contribution is -0.137. The summed E-state index contributed by atoms with van der Waals surface area (Å²) in [6, 6.07) is 17.5. The Balaban J connectivity index is 1.58. The fraction of sp³-hybridized carbons (Fsp3) is 0.318. The number of benzene rings is 2. The van der Waals surface area contributed by atoms with E-state index in [0.29, 0.717) is 18.8 Å². The molecule has 0 atom stereocenters. The molecule has 0 aromatic heterocycles. The molecular formula is C22H24O4. The van der Waals surface area contributed by atoms with Crippen molar-refractivity contribution in [1.29, 1.82) is 0 Å². The maximum Gasteiger partial charge on any atom is 0.311 e. The molecule has 1 aliphatic rings. The zero-order chi connectivity index (χ0) is 18.2. The van der Waals surface area contributed by atoms with Crippen molar-refractivity contribution in [3.63, 3.8) is 0 Å². The summed E-state index contributed by atoms with van der Waals surface area (Å²) in [5, 5.41) is 0. The van der Waals surface area contributed by atoms with Crippen LogP contribution in [0.1, 0.15) is 37.7 Å². The van der Waals surface area contributed by atoms with Crippen LogP contribution in [0.25, 0.3) is 5.76 Å². The maximum atomic E-state index is 11.7. The van der Waals surface area contributed by atoms with Crippen molar-refractivity contribution in [3.8, 4) is 11.5 Å². The van der Waals surface area contributed by atoms with Gasteiger partial charge in [0.05, 0.1) is 13.7 Å². The molecule has 0 saturated heterocycles. The van der Waals surface area contributed by atoms with Crippen molar-refractivity contribution < 1.29 is 19.0 Å². The van der Waals surface area contributed by atoms with Gasteiger partial charge in [-0.2, -0.15) is 0 Å².